The second-order valence-electron chi connectivity index (χ2n) is 6.22. The monoisotopic (exact) mass is 392 g/mol. The number of H-pyrrole nitrogens is 1. The van der Waals surface area contributed by atoms with Gasteiger partial charge in [-0.25, -0.2) is 9.78 Å². The molecular weight excluding hydrogens is 374 g/mol. The molecule has 0 saturated carbocycles. The average molecular weight is 392 g/mol. The zero-order chi connectivity index (χ0) is 18.8. The van der Waals surface area contributed by atoms with Gasteiger partial charge in [0.05, 0.1) is 24.4 Å². The molecular formula is C15H18BN4O4PS. The lowest BCUT2D eigenvalue weighted by atomic mass is 9.79. The number of carbonyl (C=O) groups excluding carboxylic acids is 2. The highest BCUT2D eigenvalue weighted by Crippen LogP contribution is 2.50. The van der Waals surface area contributed by atoms with E-state index in [4.69, 9.17) is 12.5 Å². The number of aryl methyl sites for hydroxylation is 1. The largest absolute Gasteiger partial charge is 0.393 e. The molecule has 2 aliphatic heterocycles. The maximum Gasteiger partial charge on any atom is 0.365 e. The molecule has 0 aliphatic carbocycles. The number of carbonyl (C=O) groups is 2. The molecule has 11 heteroatoms. The minimum absolute atomic E-state index is 0.0213. The molecule has 2 radical (unpaired) electrons. The van der Waals surface area contributed by atoms with Gasteiger partial charge in [-0.2, -0.15) is 0 Å². The van der Waals surface area contributed by atoms with Crippen LogP contribution in [0.3, 0.4) is 0 Å². The highest BCUT2D eigenvalue weighted by molar-refractivity contribution is 8.03. The summed E-state index contributed by atoms with van der Waals surface area (Å²) in [4.78, 5) is 34.2. The number of rotatable bonds is 7. The van der Waals surface area contributed by atoms with Gasteiger partial charge in [-0.15, -0.1) is 11.8 Å². The van der Waals surface area contributed by atoms with Crippen LogP contribution >= 0.6 is 20.4 Å². The van der Waals surface area contributed by atoms with E-state index in [1.807, 2.05) is 6.92 Å². The van der Waals surface area contributed by atoms with Gasteiger partial charge in [0.25, 0.3) is 7.98 Å². The number of aliphatic hydroxyl groups is 1. The molecule has 4 atom stereocenters. The number of amides is 1. The van der Waals surface area contributed by atoms with Gasteiger partial charge in [0, 0.05) is 28.5 Å². The normalized spacial score (nSPS) is 26.2. The Morgan fingerprint density at radius 1 is 1.65 bits per heavy atom. The summed E-state index contributed by atoms with van der Waals surface area (Å²) in [5, 5.41) is 9.93. The smallest absolute Gasteiger partial charge is 0.365 e. The molecule has 3 heterocycles. The van der Waals surface area contributed by atoms with Crippen molar-refractivity contribution in [2.45, 2.75) is 32.4 Å². The number of fused-ring (bicyclic) bond motifs is 1. The molecule has 1 aromatic heterocycles. The second kappa shape index (κ2) is 7.94. The summed E-state index contributed by atoms with van der Waals surface area (Å²) < 4.78 is 8.26. The van der Waals surface area contributed by atoms with E-state index in [9.17, 15) is 14.7 Å². The van der Waals surface area contributed by atoms with E-state index in [1.165, 1.54) is 16.7 Å². The average Bonchev–Trinajstić information content (AvgIpc) is 3.19. The van der Waals surface area contributed by atoms with E-state index in [1.54, 1.807) is 19.4 Å². The molecule has 4 unspecified atom stereocenters. The van der Waals surface area contributed by atoms with Crippen molar-refractivity contribution in [2.24, 2.45) is 16.5 Å². The minimum Gasteiger partial charge on any atom is -0.393 e. The summed E-state index contributed by atoms with van der Waals surface area (Å²) in [7, 11) is 5.01. The molecule has 0 bridgehead atoms. The van der Waals surface area contributed by atoms with Crippen LogP contribution in [0, 0.1) is 11.8 Å². The van der Waals surface area contributed by atoms with Gasteiger partial charge in [0.2, 0.25) is 14.5 Å². The molecule has 1 aromatic rings. The predicted octanol–water partition coefficient (Wildman–Crippen LogP) is 1.43. The summed E-state index contributed by atoms with van der Waals surface area (Å²) >= 11 is 1.51. The first-order valence-corrected chi connectivity index (χ1v) is 9.89. The van der Waals surface area contributed by atoms with E-state index in [0.717, 1.165) is 17.0 Å². The Labute approximate surface area is 158 Å². The predicted molar refractivity (Wildman–Crippen MR) is 97.9 cm³/mol. The molecule has 8 nitrogen and oxygen atoms in total. The van der Waals surface area contributed by atoms with Crippen molar-refractivity contribution >= 4 is 40.2 Å². The lowest BCUT2D eigenvalue weighted by Crippen LogP contribution is -2.63. The van der Waals surface area contributed by atoms with Crippen LogP contribution < -0.4 is 0 Å². The maximum atomic E-state index is 12.5. The van der Waals surface area contributed by atoms with Gasteiger partial charge in [-0.1, -0.05) is 6.92 Å². The van der Waals surface area contributed by atoms with Gasteiger partial charge in [-0.3, -0.25) is 4.79 Å². The number of hydrogen-bond donors (Lipinski definition) is 2. The molecule has 1 amide bonds. The molecule has 2 N–H and O–H groups in total. The van der Waals surface area contributed by atoms with Crippen molar-refractivity contribution in [2.75, 3.05) is 5.75 Å². The van der Waals surface area contributed by atoms with Crippen LogP contribution in [0.2, 0.25) is 0 Å². The van der Waals surface area contributed by atoms with Crippen molar-refractivity contribution in [3.63, 3.8) is 0 Å². The van der Waals surface area contributed by atoms with Gasteiger partial charge in [0.1, 0.15) is 5.70 Å². The SMILES string of the molecule is [B]N=POC(=O)C1=C(SCCc2cnc[nH]2)C(C)C2C(C(C)O)C(=O)N12. The number of β-lactam (4-membered cyclic amide) rings is 1. The number of aromatic nitrogens is 2. The van der Waals surface area contributed by atoms with Crippen LogP contribution in [0.1, 0.15) is 19.5 Å². The summed E-state index contributed by atoms with van der Waals surface area (Å²) in [5.41, 5.74) is 1.24. The molecule has 1 fully saturated rings. The summed E-state index contributed by atoms with van der Waals surface area (Å²) in [5.74, 6) is -0.736. The Morgan fingerprint density at radius 3 is 3.04 bits per heavy atom. The minimum atomic E-state index is -0.769. The molecule has 0 spiro atoms. The zero-order valence-electron chi connectivity index (χ0n) is 14.3. The van der Waals surface area contributed by atoms with Gasteiger partial charge in [0.15, 0.2) is 0 Å². The molecule has 26 heavy (non-hydrogen) atoms. The van der Waals surface area contributed by atoms with Crippen molar-refractivity contribution in [1.82, 2.24) is 14.9 Å². The van der Waals surface area contributed by atoms with Crippen LogP contribution in [0.25, 0.3) is 0 Å². The standard InChI is InChI=1S/C15H18BN4O4PS/c1-7-11-10(8(2)21)14(22)20(11)12(15(23)24-25-19-16)13(7)26-4-3-9-5-17-6-18-9/h5-8,10-11,21H,3-4H2,1-2H3,(H,17,18). The van der Waals surface area contributed by atoms with E-state index < -0.39 is 18.0 Å². The van der Waals surface area contributed by atoms with E-state index in [0.29, 0.717) is 5.75 Å². The molecule has 136 valence electrons. The van der Waals surface area contributed by atoms with Gasteiger partial charge < -0.3 is 24.2 Å². The summed E-state index contributed by atoms with van der Waals surface area (Å²) in [6, 6.07) is -0.230. The number of nitrogens with one attached hydrogen (secondary N) is 1. The van der Waals surface area contributed by atoms with Crippen LogP contribution in [0.5, 0.6) is 0 Å². The lowest BCUT2D eigenvalue weighted by molar-refractivity contribution is -0.162. The van der Waals surface area contributed by atoms with Gasteiger partial charge >= 0.3 is 5.97 Å². The van der Waals surface area contributed by atoms with Crippen LogP contribution in [0.15, 0.2) is 27.8 Å². The Hall–Kier alpha value is -1.64. The van der Waals surface area contributed by atoms with Crippen molar-refractivity contribution in [3.8, 4) is 0 Å². The number of aromatic amines is 1. The van der Waals surface area contributed by atoms with Crippen LogP contribution in [-0.2, 0) is 20.5 Å². The van der Waals surface area contributed by atoms with E-state index in [-0.39, 0.29) is 32.2 Å². The van der Waals surface area contributed by atoms with Crippen molar-refractivity contribution < 1.29 is 19.2 Å². The van der Waals surface area contributed by atoms with Crippen LogP contribution in [-0.4, -0.2) is 57.7 Å². The fourth-order valence-corrected chi connectivity index (χ4v) is 4.97. The number of thioether (sulfide) groups is 1. The fraction of sp³-hybridized carbons (Fsp3) is 0.533. The first kappa shape index (κ1) is 19.1. The number of imidazole rings is 1. The Kier molecular flexibility index (Phi) is 5.84. The fourth-order valence-electron chi connectivity index (χ4n) is 3.50. The maximum absolute atomic E-state index is 12.5. The number of aliphatic hydroxyl groups excluding tert-OH is 1. The third kappa shape index (κ3) is 3.33. The van der Waals surface area contributed by atoms with Crippen molar-refractivity contribution in [1.29, 1.82) is 0 Å². The first-order chi connectivity index (χ1) is 12.5. The van der Waals surface area contributed by atoms with Crippen molar-refractivity contribution in [3.05, 3.63) is 28.8 Å². The molecule has 2 aliphatic rings. The first-order valence-electron chi connectivity index (χ1n) is 8.14. The Bertz CT molecular complexity index is 755. The Morgan fingerprint density at radius 2 is 2.42 bits per heavy atom. The third-order valence-electron chi connectivity index (χ3n) is 4.66. The highest BCUT2D eigenvalue weighted by atomic mass is 32.2. The number of hydrogen-bond acceptors (Lipinski definition) is 7. The Balaban J connectivity index is 1.81. The topological polar surface area (TPSA) is 108 Å². The van der Waals surface area contributed by atoms with E-state index in [2.05, 4.69) is 14.6 Å². The number of nitrogens with zero attached hydrogens (tertiary/aromatic N) is 3. The van der Waals surface area contributed by atoms with Crippen LogP contribution in [0.4, 0.5) is 0 Å². The quantitative estimate of drug-likeness (QED) is 0.413. The lowest BCUT2D eigenvalue weighted by Gasteiger charge is -2.46. The molecule has 1 saturated heterocycles. The summed E-state index contributed by atoms with van der Waals surface area (Å²) in [6.45, 7) is 3.56. The summed E-state index contributed by atoms with van der Waals surface area (Å²) in [6.07, 6.45) is 3.35. The zero-order valence-corrected chi connectivity index (χ0v) is 16.0. The molecule has 3 rings (SSSR count). The van der Waals surface area contributed by atoms with Gasteiger partial charge in [-0.05, 0) is 13.3 Å². The second-order valence-corrected chi connectivity index (χ2v) is 7.93. The highest BCUT2D eigenvalue weighted by Gasteiger charge is 2.60. The van der Waals surface area contributed by atoms with E-state index >= 15 is 0 Å². The molecule has 0 aromatic carbocycles. The third-order valence-corrected chi connectivity index (χ3v) is 6.28.